The SMILES string of the molecule is COc1c(C)cc(C)cc1CN1CCC[C@@]2(CCC(=O)N(CCCO)C2)C1. The predicted octanol–water partition coefficient (Wildman–Crippen LogP) is 2.90. The highest BCUT2D eigenvalue weighted by molar-refractivity contribution is 5.77. The number of methoxy groups -OCH3 is 1. The van der Waals surface area contributed by atoms with Crippen LogP contribution in [0.5, 0.6) is 5.75 Å². The summed E-state index contributed by atoms with van der Waals surface area (Å²) >= 11 is 0. The highest BCUT2D eigenvalue weighted by Crippen LogP contribution is 2.40. The van der Waals surface area contributed by atoms with Crippen molar-refractivity contribution in [2.45, 2.75) is 52.5 Å². The number of hydrogen-bond donors (Lipinski definition) is 1. The number of ether oxygens (including phenoxy) is 1. The highest BCUT2D eigenvalue weighted by Gasteiger charge is 2.41. The van der Waals surface area contributed by atoms with Crippen molar-refractivity contribution >= 4 is 5.91 Å². The maximum absolute atomic E-state index is 12.3. The minimum absolute atomic E-state index is 0.148. The fourth-order valence-corrected chi connectivity index (χ4v) is 5.04. The lowest BCUT2D eigenvalue weighted by Crippen LogP contribution is -2.54. The molecule has 150 valence electrons. The van der Waals surface area contributed by atoms with Crippen LogP contribution in [0.25, 0.3) is 0 Å². The van der Waals surface area contributed by atoms with Crippen molar-refractivity contribution in [3.05, 3.63) is 28.8 Å². The van der Waals surface area contributed by atoms with Gasteiger partial charge in [-0.2, -0.15) is 0 Å². The Balaban J connectivity index is 1.72. The molecule has 1 aromatic carbocycles. The minimum atomic E-state index is 0.148. The van der Waals surface area contributed by atoms with E-state index in [2.05, 4.69) is 30.9 Å². The Morgan fingerprint density at radius 1 is 1.22 bits per heavy atom. The predicted molar refractivity (Wildman–Crippen MR) is 107 cm³/mol. The van der Waals surface area contributed by atoms with Crippen LogP contribution in [0.15, 0.2) is 12.1 Å². The second kappa shape index (κ2) is 8.61. The Kier molecular flexibility index (Phi) is 6.43. The molecule has 0 unspecified atom stereocenters. The fraction of sp³-hybridized carbons (Fsp3) is 0.682. The van der Waals surface area contributed by atoms with Crippen LogP contribution in [0.2, 0.25) is 0 Å². The number of aryl methyl sites for hydroxylation is 2. The number of likely N-dealkylation sites (tertiary alicyclic amines) is 2. The van der Waals surface area contributed by atoms with Gasteiger partial charge < -0.3 is 14.7 Å². The Labute approximate surface area is 163 Å². The Hall–Kier alpha value is -1.59. The number of carbonyl (C=O) groups is 1. The number of rotatable bonds is 6. The molecular formula is C22H34N2O3. The van der Waals surface area contributed by atoms with E-state index in [1.807, 2.05) is 4.90 Å². The van der Waals surface area contributed by atoms with E-state index in [1.54, 1.807) is 7.11 Å². The van der Waals surface area contributed by atoms with Gasteiger partial charge >= 0.3 is 0 Å². The van der Waals surface area contributed by atoms with E-state index in [0.717, 1.165) is 38.3 Å². The smallest absolute Gasteiger partial charge is 0.222 e. The lowest BCUT2D eigenvalue weighted by molar-refractivity contribution is -0.139. The summed E-state index contributed by atoms with van der Waals surface area (Å²) in [7, 11) is 1.75. The average molecular weight is 375 g/mol. The molecular weight excluding hydrogens is 340 g/mol. The van der Waals surface area contributed by atoms with E-state index in [-0.39, 0.29) is 17.9 Å². The van der Waals surface area contributed by atoms with Gasteiger partial charge in [0.05, 0.1) is 7.11 Å². The summed E-state index contributed by atoms with van der Waals surface area (Å²) in [6.07, 6.45) is 4.67. The second-order valence-electron chi connectivity index (χ2n) is 8.48. The summed E-state index contributed by atoms with van der Waals surface area (Å²) in [5.41, 5.74) is 3.93. The molecule has 2 aliphatic heterocycles. The number of amides is 1. The van der Waals surface area contributed by atoms with Crippen LogP contribution >= 0.6 is 0 Å². The minimum Gasteiger partial charge on any atom is -0.496 e. The van der Waals surface area contributed by atoms with Gasteiger partial charge in [0, 0.05) is 50.2 Å². The highest BCUT2D eigenvalue weighted by atomic mass is 16.5. The van der Waals surface area contributed by atoms with Gasteiger partial charge in [0.1, 0.15) is 5.75 Å². The molecule has 1 spiro atoms. The molecule has 2 heterocycles. The number of aliphatic hydroxyl groups is 1. The van der Waals surface area contributed by atoms with Crippen molar-refractivity contribution in [2.24, 2.45) is 5.41 Å². The molecule has 0 aromatic heterocycles. The lowest BCUT2D eigenvalue weighted by atomic mass is 9.73. The first kappa shape index (κ1) is 20.2. The molecule has 0 radical (unpaired) electrons. The third kappa shape index (κ3) is 4.64. The molecule has 2 fully saturated rings. The van der Waals surface area contributed by atoms with E-state index in [0.29, 0.717) is 19.4 Å². The molecule has 3 rings (SSSR count). The monoisotopic (exact) mass is 374 g/mol. The van der Waals surface area contributed by atoms with Gasteiger partial charge in [-0.1, -0.05) is 17.7 Å². The first-order valence-electron chi connectivity index (χ1n) is 10.2. The van der Waals surface area contributed by atoms with E-state index in [1.165, 1.54) is 29.5 Å². The van der Waals surface area contributed by atoms with Crippen LogP contribution in [0.1, 0.15) is 48.8 Å². The average Bonchev–Trinajstić information content (AvgIpc) is 2.63. The number of aliphatic hydroxyl groups excluding tert-OH is 1. The van der Waals surface area contributed by atoms with Crippen LogP contribution in [0.4, 0.5) is 0 Å². The second-order valence-corrected chi connectivity index (χ2v) is 8.48. The normalized spacial score (nSPS) is 23.9. The summed E-state index contributed by atoms with van der Waals surface area (Å²) in [5, 5.41) is 9.13. The van der Waals surface area contributed by atoms with Crippen LogP contribution in [-0.2, 0) is 11.3 Å². The van der Waals surface area contributed by atoms with Gasteiger partial charge in [0.15, 0.2) is 0 Å². The zero-order valence-electron chi connectivity index (χ0n) is 17.1. The molecule has 0 bridgehead atoms. The molecule has 27 heavy (non-hydrogen) atoms. The quantitative estimate of drug-likeness (QED) is 0.832. The standard InChI is InChI=1S/C22H34N2O3/c1-17-12-18(2)21(27-3)19(13-17)14-23-9-4-7-22(15-23)8-6-20(26)24(16-22)10-5-11-25/h12-13,25H,4-11,14-16H2,1-3H3/t22-/m1/s1. The van der Waals surface area contributed by atoms with Gasteiger partial charge in [-0.3, -0.25) is 9.69 Å². The first-order chi connectivity index (χ1) is 13.0. The van der Waals surface area contributed by atoms with Crippen molar-refractivity contribution in [1.29, 1.82) is 0 Å². The molecule has 1 amide bonds. The molecule has 2 aliphatic rings. The lowest BCUT2D eigenvalue weighted by Gasteiger charge is -2.48. The molecule has 2 saturated heterocycles. The van der Waals surface area contributed by atoms with Crippen molar-refractivity contribution in [3.8, 4) is 5.75 Å². The Morgan fingerprint density at radius 3 is 2.78 bits per heavy atom. The summed E-state index contributed by atoms with van der Waals surface area (Å²) in [4.78, 5) is 16.8. The Morgan fingerprint density at radius 2 is 2.04 bits per heavy atom. The molecule has 0 aliphatic carbocycles. The molecule has 1 N–H and O–H groups in total. The van der Waals surface area contributed by atoms with Crippen molar-refractivity contribution in [2.75, 3.05) is 39.9 Å². The van der Waals surface area contributed by atoms with Crippen molar-refractivity contribution < 1.29 is 14.6 Å². The maximum atomic E-state index is 12.3. The molecule has 1 aromatic rings. The van der Waals surface area contributed by atoms with Crippen LogP contribution in [0, 0.1) is 19.3 Å². The van der Waals surface area contributed by atoms with E-state index in [4.69, 9.17) is 9.84 Å². The number of nitrogens with zero attached hydrogens (tertiary/aromatic N) is 2. The summed E-state index contributed by atoms with van der Waals surface area (Å²) in [6.45, 7) is 8.95. The first-order valence-corrected chi connectivity index (χ1v) is 10.2. The van der Waals surface area contributed by atoms with Crippen LogP contribution in [0.3, 0.4) is 0 Å². The van der Waals surface area contributed by atoms with E-state index < -0.39 is 0 Å². The topological polar surface area (TPSA) is 53.0 Å². The fourth-order valence-electron chi connectivity index (χ4n) is 5.04. The summed E-state index contributed by atoms with van der Waals surface area (Å²) < 4.78 is 5.68. The van der Waals surface area contributed by atoms with Gasteiger partial charge in [-0.05, 0) is 51.6 Å². The van der Waals surface area contributed by atoms with Crippen molar-refractivity contribution in [3.63, 3.8) is 0 Å². The van der Waals surface area contributed by atoms with Gasteiger partial charge in [-0.15, -0.1) is 0 Å². The third-order valence-electron chi connectivity index (χ3n) is 6.17. The number of carbonyl (C=O) groups excluding carboxylic acids is 1. The number of benzene rings is 1. The van der Waals surface area contributed by atoms with Gasteiger partial charge in [-0.25, -0.2) is 0 Å². The van der Waals surface area contributed by atoms with E-state index >= 15 is 0 Å². The number of piperidine rings is 2. The third-order valence-corrected chi connectivity index (χ3v) is 6.17. The van der Waals surface area contributed by atoms with Crippen LogP contribution in [-0.4, -0.2) is 60.7 Å². The largest absolute Gasteiger partial charge is 0.496 e. The zero-order valence-corrected chi connectivity index (χ0v) is 17.1. The van der Waals surface area contributed by atoms with Gasteiger partial charge in [0.25, 0.3) is 0 Å². The van der Waals surface area contributed by atoms with Gasteiger partial charge in [0.2, 0.25) is 5.91 Å². The van der Waals surface area contributed by atoms with Crippen LogP contribution < -0.4 is 4.74 Å². The Bertz CT molecular complexity index is 676. The van der Waals surface area contributed by atoms with Crippen molar-refractivity contribution in [1.82, 2.24) is 9.80 Å². The summed E-state index contributed by atoms with van der Waals surface area (Å²) in [5.74, 6) is 1.26. The zero-order chi connectivity index (χ0) is 19.4. The molecule has 1 atom stereocenters. The summed E-state index contributed by atoms with van der Waals surface area (Å²) in [6, 6.07) is 4.41. The molecule has 5 heteroatoms. The maximum Gasteiger partial charge on any atom is 0.222 e. The molecule has 5 nitrogen and oxygen atoms in total. The molecule has 0 saturated carbocycles. The number of hydrogen-bond acceptors (Lipinski definition) is 4. The van der Waals surface area contributed by atoms with E-state index in [9.17, 15) is 4.79 Å².